The van der Waals surface area contributed by atoms with Crippen LogP contribution in [0.1, 0.15) is 24.1 Å². The molecule has 0 saturated carbocycles. The van der Waals surface area contributed by atoms with Crippen molar-refractivity contribution in [2.24, 2.45) is 0 Å². The number of thiocarbonyl (C=S) groups is 1. The minimum absolute atomic E-state index is 0. The topological polar surface area (TPSA) is 62.8 Å². The number of halogens is 1. The van der Waals surface area contributed by atoms with Crippen molar-refractivity contribution in [3.63, 3.8) is 0 Å². The van der Waals surface area contributed by atoms with Crippen LogP contribution in [-0.2, 0) is 11.3 Å². The number of ether oxygens (including phenoxy) is 2. The van der Waals surface area contributed by atoms with Crippen molar-refractivity contribution in [2.75, 3.05) is 26.2 Å². The first-order valence-electron chi connectivity index (χ1n) is 9.36. The van der Waals surface area contributed by atoms with Gasteiger partial charge < -0.3 is 25.0 Å². The summed E-state index contributed by atoms with van der Waals surface area (Å²) >= 11 is 5.33. The summed E-state index contributed by atoms with van der Waals surface area (Å²) in [6.07, 6.45) is -0.486. The van der Waals surface area contributed by atoms with Crippen LogP contribution in [-0.4, -0.2) is 42.3 Å². The van der Waals surface area contributed by atoms with E-state index in [0.29, 0.717) is 17.5 Å². The molecule has 0 aromatic heterocycles. The summed E-state index contributed by atoms with van der Waals surface area (Å²) in [6, 6.07) is 16.8. The van der Waals surface area contributed by atoms with Crippen molar-refractivity contribution < 1.29 is 14.3 Å². The Morgan fingerprint density at radius 3 is 2.45 bits per heavy atom. The molecule has 2 aromatic carbocycles. The number of rotatable bonds is 5. The number of amides is 1. The van der Waals surface area contributed by atoms with E-state index in [4.69, 9.17) is 21.7 Å². The van der Waals surface area contributed by atoms with Gasteiger partial charge in [0.1, 0.15) is 12.4 Å². The van der Waals surface area contributed by atoms with E-state index in [1.54, 1.807) is 12.1 Å². The van der Waals surface area contributed by atoms with E-state index in [9.17, 15) is 4.79 Å². The van der Waals surface area contributed by atoms with Crippen molar-refractivity contribution in [3.05, 3.63) is 65.7 Å². The Morgan fingerprint density at radius 2 is 1.79 bits per heavy atom. The molecule has 2 N–H and O–H groups in total. The molecule has 0 spiro atoms. The van der Waals surface area contributed by atoms with E-state index in [1.165, 1.54) is 0 Å². The third kappa shape index (κ3) is 7.20. The molecule has 3 rings (SSSR count). The van der Waals surface area contributed by atoms with Crippen molar-refractivity contribution in [1.29, 1.82) is 0 Å². The largest absolute Gasteiger partial charge is 0.466 e. The molecule has 29 heavy (non-hydrogen) atoms. The van der Waals surface area contributed by atoms with Gasteiger partial charge in [-0.1, -0.05) is 42.5 Å². The molecule has 156 valence electrons. The molecule has 1 heterocycles. The summed E-state index contributed by atoms with van der Waals surface area (Å²) in [5.74, 6) is 0.478. The summed E-state index contributed by atoms with van der Waals surface area (Å²) in [5.41, 5.74) is 1.98. The fraction of sp³-hybridized carbons (Fsp3) is 0.333. The van der Waals surface area contributed by atoms with Gasteiger partial charge in [0.25, 0.3) is 5.17 Å². The van der Waals surface area contributed by atoms with Gasteiger partial charge in [-0.25, -0.2) is 4.79 Å². The van der Waals surface area contributed by atoms with E-state index in [-0.39, 0.29) is 18.4 Å². The van der Waals surface area contributed by atoms with Crippen molar-refractivity contribution in [1.82, 2.24) is 15.5 Å². The monoisotopic (exact) mass is 435 g/mol. The summed E-state index contributed by atoms with van der Waals surface area (Å²) < 4.78 is 11.1. The summed E-state index contributed by atoms with van der Waals surface area (Å²) in [6.45, 7) is 5.86. The van der Waals surface area contributed by atoms with Crippen LogP contribution in [0.5, 0.6) is 5.75 Å². The molecule has 1 unspecified atom stereocenters. The first-order valence-corrected chi connectivity index (χ1v) is 9.77. The van der Waals surface area contributed by atoms with Crippen LogP contribution >= 0.6 is 24.6 Å². The molecule has 0 bridgehead atoms. The molecule has 0 aliphatic carbocycles. The highest BCUT2D eigenvalue weighted by Gasteiger charge is 2.14. The molecule has 1 atom stereocenters. The number of nitrogens with one attached hydrogen (secondary N) is 2. The molecular formula is C21H26ClN3O3S. The molecule has 1 saturated heterocycles. The number of nitrogens with zero attached hydrogens (tertiary/aromatic N) is 1. The third-order valence-electron chi connectivity index (χ3n) is 4.51. The minimum Gasteiger partial charge on any atom is -0.466 e. The molecule has 1 fully saturated rings. The van der Waals surface area contributed by atoms with Crippen LogP contribution in [0.15, 0.2) is 54.6 Å². The fourth-order valence-electron chi connectivity index (χ4n) is 2.88. The zero-order valence-electron chi connectivity index (χ0n) is 16.3. The quantitative estimate of drug-likeness (QED) is 0.699. The van der Waals surface area contributed by atoms with Gasteiger partial charge in [-0.2, -0.15) is 0 Å². The molecule has 6 nitrogen and oxygen atoms in total. The summed E-state index contributed by atoms with van der Waals surface area (Å²) in [5, 5.41) is 6.63. The second-order valence-corrected chi connectivity index (χ2v) is 6.95. The third-order valence-corrected chi connectivity index (χ3v) is 4.88. The van der Waals surface area contributed by atoms with Crippen molar-refractivity contribution in [3.8, 4) is 5.75 Å². The lowest BCUT2D eigenvalue weighted by Gasteiger charge is -2.28. The van der Waals surface area contributed by atoms with E-state index >= 15 is 0 Å². The Morgan fingerprint density at radius 1 is 1.14 bits per heavy atom. The highest BCUT2D eigenvalue weighted by atomic mass is 35.5. The fourth-order valence-corrected chi connectivity index (χ4v) is 3.12. The molecule has 1 aliphatic rings. The van der Waals surface area contributed by atoms with Crippen LogP contribution in [0.25, 0.3) is 0 Å². The standard InChI is InChI=1S/C21H25N3O3S.ClH/c1-16(18-5-3-2-4-6-18)23-20(25)27-19-9-7-17(8-10-19)15-26-21(28)24-13-11-22-12-14-24;/h2-10,16,22H,11-15H2,1H3,(H,23,25);1H. The Labute approximate surface area is 183 Å². The second-order valence-electron chi connectivity index (χ2n) is 6.60. The van der Waals surface area contributed by atoms with E-state index in [0.717, 1.165) is 37.3 Å². The average Bonchev–Trinajstić information content (AvgIpc) is 2.74. The lowest BCUT2D eigenvalue weighted by atomic mass is 10.1. The van der Waals surface area contributed by atoms with Gasteiger partial charge in [0, 0.05) is 26.2 Å². The number of carbonyl (C=O) groups is 1. The van der Waals surface area contributed by atoms with Crippen LogP contribution in [0, 0.1) is 0 Å². The second kappa shape index (κ2) is 11.6. The number of carbonyl (C=O) groups excluding carboxylic acids is 1. The van der Waals surface area contributed by atoms with Gasteiger partial charge in [0.15, 0.2) is 0 Å². The number of hydrogen-bond donors (Lipinski definition) is 2. The van der Waals surface area contributed by atoms with E-state index in [2.05, 4.69) is 15.5 Å². The number of piperazine rings is 1. The van der Waals surface area contributed by atoms with Crippen LogP contribution < -0.4 is 15.4 Å². The molecule has 8 heteroatoms. The van der Waals surface area contributed by atoms with E-state index in [1.807, 2.05) is 49.4 Å². The van der Waals surface area contributed by atoms with Crippen LogP contribution in [0.2, 0.25) is 0 Å². The van der Waals surface area contributed by atoms with Gasteiger partial charge in [-0.3, -0.25) is 0 Å². The number of hydrogen-bond acceptors (Lipinski definition) is 5. The Balaban J connectivity index is 0.00000300. The lowest BCUT2D eigenvalue weighted by molar-refractivity contribution is 0.197. The predicted molar refractivity (Wildman–Crippen MR) is 120 cm³/mol. The zero-order chi connectivity index (χ0) is 19.8. The van der Waals surface area contributed by atoms with E-state index < -0.39 is 6.09 Å². The van der Waals surface area contributed by atoms with Gasteiger partial charge in [0.05, 0.1) is 6.04 Å². The number of benzene rings is 2. The molecule has 1 aliphatic heterocycles. The maximum absolute atomic E-state index is 12.1. The van der Waals surface area contributed by atoms with Gasteiger partial charge >= 0.3 is 6.09 Å². The van der Waals surface area contributed by atoms with Crippen molar-refractivity contribution >= 4 is 35.9 Å². The van der Waals surface area contributed by atoms with Gasteiger partial charge in [0.2, 0.25) is 0 Å². The summed E-state index contributed by atoms with van der Waals surface area (Å²) in [4.78, 5) is 14.1. The highest BCUT2D eigenvalue weighted by molar-refractivity contribution is 7.80. The van der Waals surface area contributed by atoms with Crippen LogP contribution in [0.3, 0.4) is 0 Å². The smallest absolute Gasteiger partial charge is 0.413 e. The zero-order valence-corrected chi connectivity index (χ0v) is 17.9. The molecule has 0 radical (unpaired) electrons. The highest BCUT2D eigenvalue weighted by Crippen LogP contribution is 2.15. The summed E-state index contributed by atoms with van der Waals surface area (Å²) in [7, 11) is 0. The normalized spacial score (nSPS) is 14.3. The minimum atomic E-state index is -0.486. The Kier molecular flexibility index (Phi) is 9.18. The van der Waals surface area contributed by atoms with Crippen LogP contribution in [0.4, 0.5) is 4.79 Å². The van der Waals surface area contributed by atoms with Gasteiger partial charge in [-0.15, -0.1) is 12.4 Å². The first kappa shape index (κ1) is 22.9. The average molecular weight is 436 g/mol. The Bertz CT molecular complexity index is 784. The predicted octanol–water partition coefficient (Wildman–Crippen LogP) is 3.66. The molecule has 1 amide bonds. The first-order chi connectivity index (χ1) is 13.6. The lowest BCUT2D eigenvalue weighted by Crippen LogP contribution is -2.46. The van der Waals surface area contributed by atoms with Gasteiger partial charge in [-0.05, 0) is 42.4 Å². The maximum Gasteiger partial charge on any atom is 0.413 e. The van der Waals surface area contributed by atoms with Crippen molar-refractivity contribution in [2.45, 2.75) is 19.6 Å². The molecule has 2 aromatic rings. The maximum atomic E-state index is 12.1. The molecular weight excluding hydrogens is 410 g/mol. The Hall–Kier alpha value is -2.35. The SMILES string of the molecule is CC(NC(=O)Oc1ccc(COC(=S)N2CCNCC2)cc1)c1ccccc1.Cl.